The molecule has 0 saturated carbocycles. The van der Waals surface area contributed by atoms with Crippen LogP contribution in [-0.4, -0.2) is 92.2 Å². The molecule has 12 nitrogen and oxygen atoms in total. The van der Waals surface area contributed by atoms with Crippen LogP contribution in [0.3, 0.4) is 0 Å². The first kappa shape index (κ1) is 35.5. The van der Waals surface area contributed by atoms with Crippen molar-refractivity contribution in [3.05, 3.63) is 53.6 Å². The van der Waals surface area contributed by atoms with Gasteiger partial charge in [-0.2, -0.15) is 5.26 Å². The summed E-state index contributed by atoms with van der Waals surface area (Å²) >= 11 is 1.63. The van der Waals surface area contributed by atoms with Crippen molar-refractivity contribution in [1.29, 1.82) is 5.26 Å². The third kappa shape index (κ3) is 10.3. The molecule has 1 heterocycles. The Kier molecular flexibility index (Phi) is 14.8. The number of ether oxygens (including phenoxy) is 3. The zero-order chi connectivity index (χ0) is 32.6. The van der Waals surface area contributed by atoms with Crippen molar-refractivity contribution < 1.29 is 24.4 Å². The van der Waals surface area contributed by atoms with Crippen LogP contribution in [0.5, 0.6) is 11.5 Å². The zero-order valence-electron chi connectivity index (χ0n) is 26.5. The summed E-state index contributed by atoms with van der Waals surface area (Å²) in [5.41, 5.74) is 2.56. The number of aliphatic hydroxyl groups is 2. The van der Waals surface area contributed by atoms with E-state index in [1.54, 1.807) is 39.0 Å². The van der Waals surface area contributed by atoms with E-state index in [2.05, 4.69) is 45.7 Å². The van der Waals surface area contributed by atoms with Gasteiger partial charge in [0.2, 0.25) is 0 Å². The average molecular weight is 638 g/mol. The number of nitriles is 1. The molecule has 0 aliphatic heterocycles. The Morgan fingerprint density at radius 2 is 1.76 bits per heavy atom. The van der Waals surface area contributed by atoms with Crippen molar-refractivity contribution in [3.63, 3.8) is 0 Å². The van der Waals surface area contributed by atoms with Crippen molar-refractivity contribution >= 4 is 40.5 Å². The van der Waals surface area contributed by atoms with Gasteiger partial charge < -0.3 is 35.1 Å². The molecule has 0 unspecified atom stereocenters. The Hall–Kier alpha value is -3.93. The third-order valence-electron chi connectivity index (χ3n) is 6.81. The van der Waals surface area contributed by atoms with Gasteiger partial charge in [-0.3, -0.25) is 4.90 Å². The lowest BCUT2D eigenvalue weighted by Crippen LogP contribution is -2.35. The number of nitrogens with one attached hydrogen (secondary N) is 2. The number of aliphatic hydroxyl groups excluding tert-OH is 2. The molecule has 3 aromatic rings. The number of benzene rings is 2. The standard InChI is InChI=1S/C32H43N7O5S/c1-22(2)39(12-14-40)13-18-45-29-20-27(42-4)26(19-28(29)43-5)37-38-30-23(3)25(21-33)31(34-11-16-44-17-15-41)36-32(30)35-24-9-7-6-8-10-24/h6-10,19-20,22,40-41H,11-18H2,1-5H3,(H2,34,35,36). The van der Waals surface area contributed by atoms with E-state index in [-0.39, 0.29) is 19.8 Å². The summed E-state index contributed by atoms with van der Waals surface area (Å²) in [6.45, 7) is 8.47. The molecule has 0 atom stereocenters. The van der Waals surface area contributed by atoms with E-state index in [0.29, 0.717) is 71.4 Å². The first-order valence-electron chi connectivity index (χ1n) is 14.7. The smallest absolute Gasteiger partial charge is 0.161 e. The lowest BCUT2D eigenvalue weighted by molar-refractivity contribution is 0.0992. The van der Waals surface area contributed by atoms with Crippen LogP contribution in [0, 0.1) is 18.3 Å². The summed E-state index contributed by atoms with van der Waals surface area (Å²) in [7, 11) is 3.18. The highest BCUT2D eigenvalue weighted by atomic mass is 32.2. The number of para-hydroxylation sites is 1. The second-order valence-electron chi connectivity index (χ2n) is 10.1. The number of thioether (sulfide) groups is 1. The Labute approximate surface area is 269 Å². The minimum absolute atomic E-state index is 0.0632. The van der Waals surface area contributed by atoms with Gasteiger partial charge in [-0.1, -0.05) is 18.2 Å². The maximum atomic E-state index is 10.0. The molecule has 0 spiro atoms. The topological polar surface area (TPSA) is 157 Å². The van der Waals surface area contributed by atoms with E-state index in [1.165, 1.54) is 0 Å². The first-order chi connectivity index (χ1) is 21.9. The van der Waals surface area contributed by atoms with E-state index >= 15 is 0 Å². The van der Waals surface area contributed by atoms with Gasteiger partial charge in [0.05, 0.1) is 51.1 Å². The molecule has 4 N–H and O–H groups in total. The molecular formula is C32H43N7O5S. The Morgan fingerprint density at radius 1 is 1.00 bits per heavy atom. The minimum atomic E-state index is -0.0632. The molecule has 0 bridgehead atoms. The molecular weight excluding hydrogens is 594 g/mol. The predicted octanol–water partition coefficient (Wildman–Crippen LogP) is 5.65. The van der Waals surface area contributed by atoms with Gasteiger partial charge >= 0.3 is 0 Å². The number of rotatable bonds is 19. The highest BCUT2D eigenvalue weighted by Gasteiger charge is 2.19. The van der Waals surface area contributed by atoms with Crippen LogP contribution in [-0.2, 0) is 4.74 Å². The first-order valence-corrected chi connectivity index (χ1v) is 15.7. The average Bonchev–Trinajstić information content (AvgIpc) is 3.04. The maximum absolute atomic E-state index is 10.0. The van der Waals surface area contributed by atoms with Gasteiger partial charge in [0.1, 0.15) is 34.8 Å². The minimum Gasteiger partial charge on any atom is -0.495 e. The number of nitrogens with zero attached hydrogens (tertiary/aromatic N) is 5. The van der Waals surface area contributed by atoms with Crippen molar-refractivity contribution in [3.8, 4) is 17.6 Å². The quantitative estimate of drug-likeness (QED) is 0.0731. The van der Waals surface area contributed by atoms with Crippen LogP contribution in [0.4, 0.5) is 28.7 Å². The van der Waals surface area contributed by atoms with Crippen LogP contribution < -0.4 is 20.1 Å². The summed E-state index contributed by atoms with van der Waals surface area (Å²) in [5, 5.41) is 43.9. The van der Waals surface area contributed by atoms with Crippen molar-refractivity contribution in [2.75, 3.05) is 76.7 Å². The molecule has 0 aliphatic rings. The van der Waals surface area contributed by atoms with Gasteiger partial charge in [0.25, 0.3) is 0 Å². The molecule has 1 aromatic heterocycles. The van der Waals surface area contributed by atoms with Crippen LogP contribution in [0.25, 0.3) is 0 Å². The van der Waals surface area contributed by atoms with Crippen LogP contribution in [0.15, 0.2) is 57.6 Å². The van der Waals surface area contributed by atoms with Gasteiger partial charge in [-0.25, -0.2) is 4.98 Å². The molecule has 2 aromatic carbocycles. The summed E-state index contributed by atoms with van der Waals surface area (Å²) in [5.74, 6) is 2.74. The fraction of sp³-hybridized carbons (Fsp3) is 0.438. The lowest BCUT2D eigenvalue weighted by Gasteiger charge is -2.25. The lowest BCUT2D eigenvalue weighted by atomic mass is 10.1. The Balaban J connectivity index is 1.96. The molecule has 0 saturated heterocycles. The zero-order valence-corrected chi connectivity index (χ0v) is 27.4. The third-order valence-corrected chi connectivity index (χ3v) is 7.83. The van der Waals surface area contributed by atoms with E-state index in [9.17, 15) is 10.4 Å². The molecule has 45 heavy (non-hydrogen) atoms. The second-order valence-corrected chi connectivity index (χ2v) is 11.2. The molecule has 13 heteroatoms. The maximum Gasteiger partial charge on any atom is 0.161 e. The summed E-state index contributed by atoms with van der Waals surface area (Å²) in [6, 6.07) is 15.8. The number of methoxy groups -OCH3 is 2. The van der Waals surface area contributed by atoms with Crippen molar-refractivity contribution in [2.45, 2.75) is 31.7 Å². The largest absolute Gasteiger partial charge is 0.495 e. The number of anilines is 3. The van der Waals surface area contributed by atoms with Crippen LogP contribution >= 0.6 is 11.8 Å². The monoisotopic (exact) mass is 637 g/mol. The highest BCUT2D eigenvalue weighted by Crippen LogP contribution is 2.42. The fourth-order valence-electron chi connectivity index (χ4n) is 4.41. The van der Waals surface area contributed by atoms with E-state index in [1.807, 2.05) is 36.4 Å². The van der Waals surface area contributed by atoms with Gasteiger partial charge in [-0.05, 0) is 39.0 Å². The van der Waals surface area contributed by atoms with E-state index < -0.39 is 0 Å². The number of hydrogen-bond acceptors (Lipinski definition) is 13. The van der Waals surface area contributed by atoms with Crippen molar-refractivity contribution in [2.24, 2.45) is 10.2 Å². The summed E-state index contributed by atoms with van der Waals surface area (Å²) < 4.78 is 16.7. The van der Waals surface area contributed by atoms with E-state index in [4.69, 9.17) is 24.3 Å². The van der Waals surface area contributed by atoms with Gasteiger partial charge in [0.15, 0.2) is 5.82 Å². The van der Waals surface area contributed by atoms with Crippen LogP contribution in [0.2, 0.25) is 0 Å². The Bertz CT molecular complexity index is 1430. The number of azo groups is 1. The Morgan fingerprint density at radius 3 is 2.40 bits per heavy atom. The van der Waals surface area contributed by atoms with E-state index in [0.717, 1.165) is 22.9 Å². The summed E-state index contributed by atoms with van der Waals surface area (Å²) in [4.78, 5) is 7.83. The van der Waals surface area contributed by atoms with Crippen molar-refractivity contribution in [1.82, 2.24) is 9.88 Å². The number of hydrogen-bond donors (Lipinski definition) is 4. The predicted molar refractivity (Wildman–Crippen MR) is 178 cm³/mol. The summed E-state index contributed by atoms with van der Waals surface area (Å²) in [6.07, 6.45) is 0. The molecule has 3 rings (SSSR count). The highest BCUT2D eigenvalue weighted by molar-refractivity contribution is 7.99. The SMILES string of the molecule is COc1cc(SCCN(CCO)C(C)C)c(OC)cc1N=Nc1c(Nc2ccccc2)nc(NCCOCCO)c(C#N)c1C. The number of pyridine rings is 1. The molecule has 0 radical (unpaired) electrons. The molecule has 242 valence electrons. The van der Waals surface area contributed by atoms with Gasteiger partial charge in [-0.15, -0.1) is 22.0 Å². The number of aromatic nitrogens is 1. The molecule has 0 aliphatic carbocycles. The second kappa shape index (κ2) is 18.8. The van der Waals surface area contributed by atoms with Crippen LogP contribution in [0.1, 0.15) is 25.0 Å². The molecule has 0 fully saturated rings. The molecule has 0 amide bonds. The fourth-order valence-corrected chi connectivity index (χ4v) is 5.43. The van der Waals surface area contributed by atoms with Gasteiger partial charge in [0, 0.05) is 48.7 Å². The normalized spacial score (nSPS) is 11.3.